The molecule has 0 atom stereocenters. The van der Waals surface area contributed by atoms with Gasteiger partial charge < -0.3 is 4.74 Å². The summed E-state index contributed by atoms with van der Waals surface area (Å²) in [4.78, 5) is 11.8. The van der Waals surface area contributed by atoms with Gasteiger partial charge in [0.25, 0.3) is 0 Å². The minimum atomic E-state index is 0.0756. The van der Waals surface area contributed by atoms with E-state index < -0.39 is 0 Å². The third-order valence-electron chi connectivity index (χ3n) is 3.01. The first-order valence-electron chi connectivity index (χ1n) is 5.93. The zero-order valence-corrected chi connectivity index (χ0v) is 9.13. The van der Waals surface area contributed by atoms with Crippen LogP contribution in [0.1, 0.15) is 44.9 Å². The summed E-state index contributed by atoms with van der Waals surface area (Å²) in [5.41, 5.74) is 1.31. The highest BCUT2D eigenvalue weighted by molar-refractivity contribution is 6.02. The monoisotopic (exact) mass is 206 g/mol. The van der Waals surface area contributed by atoms with Gasteiger partial charge in [0, 0.05) is 0 Å². The van der Waals surface area contributed by atoms with E-state index in [1.54, 1.807) is 6.08 Å². The van der Waals surface area contributed by atoms with Crippen molar-refractivity contribution in [3.8, 4) is 0 Å². The van der Waals surface area contributed by atoms with Gasteiger partial charge in [0.2, 0.25) is 5.78 Å². The number of hydrogen-bond acceptors (Lipinski definition) is 2. The lowest BCUT2D eigenvalue weighted by Gasteiger charge is -2.15. The molecule has 0 aromatic rings. The Bertz CT molecular complexity index is 292. The topological polar surface area (TPSA) is 26.3 Å². The molecule has 1 aliphatic carbocycles. The zero-order valence-electron chi connectivity index (χ0n) is 9.13. The number of ether oxygens (including phenoxy) is 1. The van der Waals surface area contributed by atoms with E-state index in [-0.39, 0.29) is 5.78 Å². The van der Waals surface area contributed by atoms with Crippen LogP contribution in [0.25, 0.3) is 0 Å². The molecule has 2 aliphatic rings. The summed E-state index contributed by atoms with van der Waals surface area (Å²) in [6.07, 6.45) is 11.7. The molecular formula is C13H18O2. The van der Waals surface area contributed by atoms with Crippen molar-refractivity contribution >= 4 is 5.78 Å². The first-order chi connectivity index (χ1) is 7.36. The largest absolute Gasteiger partial charge is 0.490 e. The van der Waals surface area contributed by atoms with E-state index in [1.165, 1.54) is 24.8 Å². The van der Waals surface area contributed by atoms with E-state index in [0.29, 0.717) is 12.4 Å². The van der Waals surface area contributed by atoms with Gasteiger partial charge in [-0.2, -0.15) is 0 Å². The Morgan fingerprint density at radius 1 is 1.20 bits per heavy atom. The van der Waals surface area contributed by atoms with Gasteiger partial charge in [-0.05, 0) is 50.7 Å². The van der Waals surface area contributed by atoms with Gasteiger partial charge in [0.05, 0.1) is 6.61 Å². The molecule has 0 aromatic heterocycles. The van der Waals surface area contributed by atoms with Crippen LogP contribution in [0.15, 0.2) is 23.5 Å². The Morgan fingerprint density at radius 3 is 2.67 bits per heavy atom. The molecule has 2 nitrogen and oxygen atoms in total. The van der Waals surface area contributed by atoms with Crippen LogP contribution in [-0.2, 0) is 9.53 Å². The third kappa shape index (κ3) is 2.95. The average molecular weight is 206 g/mol. The van der Waals surface area contributed by atoms with Crippen molar-refractivity contribution in [2.75, 3.05) is 6.61 Å². The van der Waals surface area contributed by atoms with Crippen molar-refractivity contribution in [2.24, 2.45) is 0 Å². The van der Waals surface area contributed by atoms with Gasteiger partial charge in [-0.3, -0.25) is 4.79 Å². The summed E-state index contributed by atoms with van der Waals surface area (Å²) in [5.74, 6) is 0.644. The molecule has 0 aromatic carbocycles. The Morgan fingerprint density at radius 2 is 2.00 bits per heavy atom. The van der Waals surface area contributed by atoms with E-state index in [4.69, 9.17) is 4.74 Å². The van der Waals surface area contributed by atoms with Crippen LogP contribution in [0.5, 0.6) is 0 Å². The second kappa shape index (κ2) is 5.15. The molecule has 1 fully saturated rings. The molecule has 2 rings (SSSR count). The molecule has 82 valence electrons. The first-order valence-corrected chi connectivity index (χ1v) is 5.93. The van der Waals surface area contributed by atoms with Crippen LogP contribution in [0.4, 0.5) is 0 Å². The number of hydrogen-bond donors (Lipinski definition) is 0. The predicted octanol–water partition coefficient (Wildman–Crippen LogP) is 3.14. The molecule has 0 amide bonds. The maximum Gasteiger partial charge on any atom is 0.219 e. The highest BCUT2D eigenvalue weighted by Crippen LogP contribution is 2.23. The molecule has 0 N–H and O–H groups in total. The van der Waals surface area contributed by atoms with Crippen LogP contribution in [-0.4, -0.2) is 12.4 Å². The van der Waals surface area contributed by atoms with Gasteiger partial charge >= 0.3 is 0 Å². The Labute approximate surface area is 91.0 Å². The van der Waals surface area contributed by atoms with Crippen LogP contribution >= 0.6 is 0 Å². The fourth-order valence-corrected chi connectivity index (χ4v) is 2.14. The summed E-state index contributed by atoms with van der Waals surface area (Å²) in [6.45, 7) is 0.695. The second-order valence-corrected chi connectivity index (χ2v) is 4.29. The third-order valence-corrected chi connectivity index (χ3v) is 3.01. The van der Waals surface area contributed by atoms with E-state index in [9.17, 15) is 4.79 Å². The first kappa shape index (κ1) is 10.5. The fraction of sp³-hybridized carbons (Fsp3) is 0.615. The Hall–Kier alpha value is -1.05. The number of rotatable bonds is 2. The predicted molar refractivity (Wildman–Crippen MR) is 59.4 cm³/mol. The van der Waals surface area contributed by atoms with Gasteiger partial charge in [-0.25, -0.2) is 0 Å². The minimum absolute atomic E-state index is 0.0756. The van der Waals surface area contributed by atoms with E-state index in [2.05, 4.69) is 0 Å². The summed E-state index contributed by atoms with van der Waals surface area (Å²) >= 11 is 0. The van der Waals surface area contributed by atoms with Crippen molar-refractivity contribution in [2.45, 2.75) is 44.9 Å². The van der Waals surface area contributed by atoms with E-state index >= 15 is 0 Å². The van der Waals surface area contributed by atoms with E-state index in [0.717, 1.165) is 25.7 Å². The van der Waals surface area contributed by atoms with Crippen molar-refractivity contribution in [3.63, 3.8) is 0 Å². The molecule has 2 heteroatoms. The molecule has 0 unspecified atom stereocenters. The molecule has 1 heterocycles. The van der Waals surface area contributed by atoms with Crippen LogP contribution in [0.2, 0.25) is 0 Å². The van der Waals surface area contributed by atoms with Gasteiger partial charge in [-0.15, -0.1) is 0 Å². The smallest absolute Gasteiger partial charge is 0.219 e. The lowest BCUT2D eigenvalue weighted by atomic mass is 9.94. The van der Waals surface area contributed by atoms with Crippen molar-refractivity contribution in [3.05, 3.63) is 23.5 Å². The standard InChI is InChI=1S/C13H18O2/c14-12(13-8-4-5-9-15-13)10-11-6-2-1-3-7-11/h8,10H,1-7,9H2. The molecule has 15 heavy (non-hydrogen) atoms. The van der Waals surface area contributed by atoms with Crippen molar-refractivity contribution < 1.29 is 9.53 Å². The van der Waals surface area contributed by atoms with Crippen LogP contribution < -0.4 is 0 Å². The summed E-state index contributed by atoms with van der Waals surface area (Å²) in [7, 11) is 0. The normalized spacial score (nSPS) is 21.6. The average Bonchev–Trinajstić information content (AvgIpc) is 2.31. The molecular weight excluding hydrogens is 188 g/mol. The number of carbonyl (C=O) groups is 1. The van der Waals surface area contributed by atoms with Gasteiger partial charge in [-0.1, -0.05) is 12.0 Å². The highest BCUT2D eigenvalue weighted by Gasteiger charge is 2.13. The molecule has 1 aliphatic heterocycles. The second-order valence-electron chi connectivity index (χ2n) is 4.29. The number of carbonyl (C=O) groups excluding carboxylic acids is 1. The molecule has 1 saturated carbocycles. The molecule has 0 radical (unpaired) electrons. The number of ketones is 1. The van der Waals surface area contributed by atoms with Crippen molar-refractivity contribution in [1.29, 1.82) is 0 Å². The summed E-state index contributed by atoms with van der Waals surface area (Å²) in [6, 6.07) is 0. The van der Waals surface area contributed by atoms with Gasteiger partial charge in [0.1, 0.15) is 0 Å². The van der Waals surface area contributed by atoms with Crippen LogP contribution in [0, 0.1) is 0 Å². The lowest BCUT2D eigenvalue weighted by molar-refractivity contribution is -0.114. The minimum Gasteiger partial charge on any atom is -0.490 e. The quantitative estimate of drug-likeness (QED) is 0.649. The molecule has 0 spiro atoms. The number of allylic oxidation sites excluding steroid dienone is 3. The van der Waals surface area contributed by atoms with Gasteiger partial charge in [0.15, 0.2) is 5.76 Å². The maximum atomic E-state index is 11.8. The SMILES string of the molecule is O=C(C=C1CCCCC1)C1=CCCCO1. The summed E-state index contributed by atoms with van der Waals surface area (Å²) in [5, 5.41) is 0. The fourth-order valence-electron chi connectivity index (χ4n) is 2.14. The zero-order chi connectivity index (χ0) is 10.5. The molecule has 0 bridgehead atoms. The van der Waals surface area contributed by atoms with Crippen molar-refractivity contribution in [1.82, 2.24) is 0 Å². The highest BCUT2D eigenvalue weighted by atomic mass is 16.5. The van der Waals surface area contributed by atoms with E-state index in [1.807, 2.05) is 6.08 Å². The lowest BCUT2D eigenvalue weighted by Crippen LogP contribution is -2.10. The maximum absolute atomic E-state index is 11.8. The Balaban J connectivity index is 1.97. The summed E-state index contributed by atoms with van der Waals surface area (Å²) < 4.78 is 5.35. The Kier molecular flexibility index (Phi) is 3.59. The van der Waals surface area contributed by atoms with Crippen LogP contribution in [0.3, 0.4) is 0 Å². The molecule has 0 saturated heterocycles.